The molecule has 0 radical (unpaired) electrons. The van der Waals surface area contributed by atoms with Crippen LogP contribution in [0.25, 0.3) is 22.3 Å². The second-order valence-electron chi connectivity index (χ2n) is 8.96. The van der Waals surface area contributed by atoms with Crippen molar-refractivity contribution in [3.8, 4) is 22.3 Å². The van der Waals surface area contributed by atoms with Gasteiger partial charge in [-0.3, -0.25) is 0 Å². The van der Waals surface area contributed by atoms with E-state index in [0.29, 0.717) is 24.1 Å². The van der Waals surface area contributed by atoms with Crippen molar-refractivity contribution >= 4 is 0 Å². The van der Waals surface area contributed by atoms with Gasteiger partial charge in [-0.25, -0.2) is 13.2 Å². The zero-order valence-electron chi connectivity index (χ0n) is 19.0. The molecule has 0 spiro atoms. The standard InChI is InChI=1S/C28H26F6/c1-2-3-4-5-6-7-17-8-11-21-18(12-17)9-10-19-13-23(24(29)16-22(19)21)20-14-25(30)27(26(31)15-20)28(32,33)34/h8,11-16H,2-7,9-10H2,1H3. The van der Waals surface area contributed by atoms with Crippen LogP contribution in [0.2, 0.25) is 0 Å². The van der Waals surface area contributed by atoms with Crippen LogP contribution in [0, 0.1) is 17.5 Å². The molecule has 0 nitrogen and oxygen atoms in total. The van der Waals surface area contributed by atoms with Crippen LogP contribution < -0.4 is 0 Å². The molecule has 0 saturated carbocycles. The molecule has 0 N–H and O–H groups in total. The van der Waals surface area contributed by atoms with Gasteiger partial charge in [0.25, 0.3) is 0 Å². The fraction of sp³-hybridized carbons (Fsp3) is 0.357. The SMILES string of the molecule is CCCCCCCc1ccc2c(c1)CCc1cc(-c3cc(F)c(C(F)(F)F)c(F)c3)c(F)cc1-2. The Balaban J connectivity index is 1.62. The first-order chi connectivity index (χ1) is 16.2. The number of hydrogen-bond donors (Lipinski definition) is 0. The molecule has 0 saturated heterocycles. The summed E-state index contributed by atoms with van der Waals surface area (Å²) in [4.78, 5) is 0. The lowest BCUT2D eigenvalue weighted by atomic mass is 9.83. The van der Waals surface area contributed by atoms with E-state index in [1.54, 1.807) is 0 Å². The molecule has 0 amide bonds. The first-order valence-corrected chi connectivity index (χ1v) is 11.7. The van der Waals surface area contributed by atoms with E-state index in [1.807, 2.05) is 6.07 Å². The lowest BCUT2D eigenvalue weighted by Crippen LogP contribution is -2.11. The van der Waals surface area contributed by atoms with Gasteiger partial charge in [-0.1, -0.05) is 50.8 Å². The average molecular weight is 477 g/mol. The summed E-state index contributed by atoms with van der Waals surface area (Å²) in [7, 11) is 0. The monoisotopic (exact) mass is 476 g/mol. The van der Waals surface area contributed by atoms with Crippen LogP contribution >= 0.6 is 0 Å². The third-order valence-electron chi connectivity index (χ3n) is 6.52. The topological polar surface area (TPSA) is 0 Å². The second kappa shape index (κ2) is 9.85. The van der Waals surface area contributed by atoms with E-state index in [2.05, 4.69) is 19.1 Å². The van der Waals surface area contributed by atoms with Gasteiger partial charge in [0.2, 0.25) is 0 Å². The van der Waals surface area contributed by atoms with Gasteiger partial charge < -0.3 is 0 Å². The van der Waals surface area contributed by atoms with Crippen LogP contribution in [0.5, 0.6) is 0 Å². The van der Waals surface area contributed by atoms with Gasteiger partial charge >= 0.3 is 6.18 Å². The number of rotatable bonds is 7. The normalized spacial score (nSPS) is 13.0. The van der Waals surface area contributed by atoms with Crippen molar-refractivity contribution in [1.29, 1.82) is 0 Å². The Kier molecular flexibility index (Phi) is 7.06. The molecule has 0 fully saturated rings. The minimum Gasteiger partial charge on any atom is -0.206 e. The van der Waals surface area contributed by atoms with Gasteiger partial charge in [0.05, 0.1) is 0 Å². The van der Waals surface area contributed by atoms with Crippen molar-refractivity contribution in [3.63, 3.8) is 0 Å². The van der Waals surface area contributed by atoms with Crippen molar-refractivity contribution in [2.45, 2.75) is 64.5 Å². The number of benzene rings is 3. The summed E-state index contributed by atoms with van der Waals surface area (Å²) in [6, 6.07) is 10.1. The van der Waals surface area contributed by atoms with Gasteiger partial charge in [-0.05, 0) is 83.3 Å². The van der Waals surface area contributed by atoms with E-state index >= 15 is 4.39 Å². The van der Waals surface area contributed by atoms with E-state index in [9.17, 15) is 22.0 Å². The molecule has 6 heteroatoms. The van der Waals surface area contributed by atoms with Gasteiger partial charge in [0.15, 0.2) is 0 Å². The van der Waals surface area contributed by atoms with E-state index in [4.69, 9.17) is 0 Å². The fourth-order valence-electron chi connectivity index (χ4n) is 4.77. The van der Waals surface area contributed by atoms with Crippen LogP contribution in [-0.4, -0.2) is 0 Å². The number of fused-ring (bicyclic) bond motifs is 3. The molecule has 0 bridgehead atoms. The Hall–Kier alpha value is -2.76. The lowest BCUT2D eigenvalue weighted by Gasteiger charge is -2.22. The summed E-state index contributed by atoms with van der Waals surface area (Å²) in [5.41, 5.74) is 2.49. The molecule has 1 aliphatic carbocycles. The highest BCUT2D eigenvalue weighted by Crippen LogP contribution is 2.40. The first kappa shape index (κ1) is 24.4. The molecule has 34 heavy (non-hydrogen) atoms. The summed E-state index contributed by atoms with van der Waals surface area (Å²) < 4.78 is 81.8. The largest absolute Gasteiger partial charge is 0.422 e. The van der Waals surface area contributed by atoms with Crippen LogP contribution in [0.4, 0.5) is 26.3 Å². The van der Waals surface area contributed by atoms with Crippen molar-refractivity contribution in [2.75, 3.05) is 0 Å². The fourth-order valence-corrected chi connectivity index (χ4v) is 4.77. The smallest absolute Gasteiger partial charge is 0.206 e. The molecule has 1 aliphatic rings. The number of aryl methyl sites for hydroxylation is 3. The summed E-state index contributed by atoms with van der Waals surface area (Å²) in [6.45, 7) is 2.19. The Labute approximate surface area is 195 Å². The maximum Gasteiger partial charge on any atom is 0.422 e. The van der Waals surface area contributed by atoms with E-state index in [1.165, 1.54) is 43.4 Å². The third-order valence-corrected chi connectivity index (χ3v) is 6.52. The van der Waals surface area contributed by atoms with Crippen molar-refractivity contribution < 1.29 is 26.3 Å². The number of hydrogen-bond acceptors (Lipinski definition) is 0. The van der Waals surface area contributed by atoms with E-state index in [0.717, 1.165) is 36.0 Å². The Bertz CT molecular complexity index is 1170. The Morgan fingerprint density at radius 3 is 1.97 bits per heavy atom. The lowest BCUT2D eigenvalue weighted by molar-refractivity contribution is -0.142. The van der Waals surface area contributed by atoms with Crippen LogP contribution in [0.1, 0.15) is 61.3 Å². The van der Waals surface area contributed by atoms with Crippen LogP contribution in [0.15, 0.2) is 42.5 Å². The van der Waals surface area contributed by atoms with Crippen LogP contribution in [0.3, 0.4) is 0 Å². The molecule has 0 atom stereocenters. The molecule has 3 aromatic carbocycles. The molecule has 4 rings (SSSR count). The Morgan fingerprint density at radius 2 is 1.32 bits per heavy atom. The first-order valence-electron chi connectivity index (χ1n) is 11.7. The molecule has 0 unspecified atom stereocenters. The molecule has 0 aliphatic heterocycles. The average Bonchev–Trinajstić information content (AvgIpc) is 2.77. The zero-order chi connectivity index (χ0) is 24.5. The summed E-state index contributed by atoms with van der Waals surface area (Å²) in [5.74, 6) is -4.25. The minimum atomic E-state index is -5.17. The number of unbranched alkanes of at least 4 members (excludes halogenated alkanes) is 4. The molecule has 0 heterocycles. The highest BCUT2D eigenvalue weighted by atomic mass is 19.4. The van der Waals surface area contributed by atoms with Gasteiger partial charge in [0.1, 0.15) is 23.0 Å². The number of alkyl halides is 3. The van der Waals surface area contributed by atoms with Gasteiger partial charge in [-0.2, -0.15) is 13.2 Å². The second-order valence-corrected chi connectivity index (χ2v) is 8.96. The van der Waals surface area contributed by atoms with Crippen molar-refractivity contribution in [1.82, 2.24) is 0 Å². The summed E-state index contributed by atoms with van der Waals surface area (Å²) >= 11 is 0. The molecule has 3 aromatic rings. The molecular weight excluding hydrogens is 450 g/mol. The van der Waals surface area contributed by atoms with Crippen LogP contribution in [-0.2, 0) is 25.4 Å². The number of halogens is 6. The highest BCUT2D eigenvalue weighted by Gasteiger charge is 2.38. The van der Waals surface area contributed by atoms with Crippen molar-refractivity contribution in [3.05, 3.63) is 82.2 Å². The summed E-state index contributed by atoms with van der Waals surface area (Å²) in [6.07, 6.45) is 3.22. The van der Waals surface area contributed by atoms with E-state index < -0.39 is 29.2 Å². The predicted octanol–water partition coefficient (Wildman–Crippen LogP) is 9.07. The minimum absolute atomic E-state index is 0.113. The third kappa shape index (κ3) is 5.01. The highest BCUT2D eigenvalue weighted by molar-refractivity contribution is 5.78. The molecular formula is C28H26F6. The van der Waals surface area contributed by atoms with E-state index in [-0.39, 0.29) is 11.1 Å². The Morgan fingerprint density at radius 1 is 0.676 bits per heavy atom. The van der Waals surface area contributed by atoms with Gasteiger partial charge in [-0.15, -0.1) is 0 Å². The van der Waals surface area contributed by atoms with Crippen molar-refractivity contribution in [2.24, 2.45) is 0 Å². The predicted molar refractivity (Wildman–Crippen MR) is 122 cm³/mol. The molecule has 180 valence electrons. The quantitative estimate of drug-likeness (QED) is 0.236. The zero-order valence-corrected chi connectivity index (χ0v) is 19.0. The van der Waals surface area contributed by atoms with Gasteiger partial charge in [0, 0.05) is 5.56 Å². The maximum atomic E-state index is 15.0. The maximum absolute atomic E-state index is 15.0. The summed E-state index contributed by atoms with van der Waals surface area (Å²) in [5, 5.41) is 0. The molecule has 0 aromatic heterocycles.